The number of rotatable bonds is 2. The number of aromatic nitrogens is 2. The van der Waals surface area contributed by atoms with E-state index in [0.717, 1.165) is 21.6 Å². The number of β-amino-alcohol motifs (C(OH)–C–C–N with tert-alkyl or cyclic N) is 1. The van der Waals surface area contributed by atoms with Crippen LogP contribution in [-0.2, 0) is 4.74 Å². The van der Waals surface area contributed by atoms with E-state index in [0.29, 0.717) is 23.8 Å². The van der Waals surface area contributed by atoms with Crippen molar-refractivity contribution >= 4 is 33.3 Å². The van der Waals surface area contributed by atoms with E-state index in [1.54, 1.807) is 0 Å². The fraction of sp³-hybridized carbons (Fsp3) is 0.462. The standard InChI is InChI=1S/C13H15N3O3S/c1-6-9-11(16-4-8(17)5-16)14-7(2)15-12(9)20-10(6)13(18)19-3/h8,17H,4-5H2,1-3H3. The number of methoxy groups -OCH3 is 1. The average molecular weight is 293 g/mol. The summed E-state index contributed by atoms with van der Waals surface area (Å²) in [7, 11) is 1.37. The van der Waals surface area contributed by atoms with Crippen molar-refractivity contribution in [3.63, 3.8) is 0 Å². The zero-order valence-electron chi connectivity index (χ0n) is 11.5. The Morgan fingerprint density at radius 2 is 2.10 bits per heavy atom. The molecule has 0 amide bonds. The Morgan fingerprint density at radius 1 is 1.40 bits per heavy atom. The van der Waals surface area contributed by atoms with E-state index in [9.17, 15) is 9.90 Å². The molecule has 20 heavy (non-hydrogen) atoms. The molecule has 0 aliphatic carbocycles. The minimum absolute atomic E-state index is 0.306. The first-order valence-electron chi connectivity index (χ1n) is 6.30. The molecule has 1 N–H and O–H groups in total. The summed E-state index contributed by atoms with van der Waals surface area (Å²) in [5.74, 6) is 1.10. The molecule has 0 aromatic carbocycles. The van der Waals surface area contributed by atoms with Crippen LogP contribution in [0.25, 0.3) is 10.2 Å². The van der Waals surface area contributed by atoms with Crippen molar-refractivity contribution in [3.8, 4) is 0 Å². The van der Waals surface area contributed by atoms with Gasteiger partial charge >= 0.3 is 5.97 Å². The first kappa shape index (κ1) is 13.3. The van der Waals surface area contributed by atoms with Gasteiger partial charge in [-0.05, 0) is 19.4 Å². The topological polar surface area (TPSA) is 75.5 Å². The highest BCUT2D eigenvalue weighted by Gasteiger charge is 2.30. The number of aliphatic hydroxyl groups is 1. The number of carbonyl (C=O) groups excluding carboxylic acids is 1. The molecule has 1 aliphatic heterocycles. The van der Waals surface area contributed by atoms with Crippen molar-refractivity contribution in [3.05, 3.63) is 16.3 Å². The maximum Gasteiger partial charge on any atom is 0.348 e. The Bertz CT molecular complexity index is 692. The van der Waals surface area contributed by atoms with Gasteiger partial charge in [0.1, 0.15) is 21.3 Å². The van der Waals surface area contributed by atoms with Gasteiger partial charge in [-0.15, -0.1) is 11.3 Å². The SMILES string of the molecule is COC(=O)c1sc2nc(C)nc(N3CC(O)C3)c2c1C. The van der Waals surface area contributed by atoms with Crippen LogP contribution in [0.5, 0.6) is 0 Å². The Hall–Kier alpha value is -1.73. The molecule has 1 fully saturated rings. The number of fused-ring (bicyclic) bond motifs is 1. The van der Waals surface area contributed by atoms with Crippen molar-refractivity contribution < 1.29 is 14.6 Å². The summed E-state index contributed by atoms with van der Waals surface area (Å²) < 4.78 is 4.80. The molecular formula is C13H15N3O3S. The van der Waals surface area contributed by atoms with Crippen molar-refractivity contribution in [2.45, 2.75) is 20.0 Å². The fourth-order valence-corrected chi connectivity index (χ4v) is 3.51. The van der Waals surface area contributed by atoms with E-state index in [4.69, 9.17) is 4.74 Å². The Labute approximate surface area is 120 Å². The Balaban J connectivity index is 2.19. The molecule has 0 radical (unpaired) electrons. The van der Waals surface area contributed by atoms with Gasteiger partial charge in [0.2, 0.25) is 0 Å². The van der Waals surface area contributed by atoms with Gasteiger partial charge in [0, 0.05) is 13.1 Å². The van der Waals surface area contributed by atoms with Gasteiger partial charge < -0.3 is 14.7 Å². The molecule has 0 spiro atoms. The highest BCUT2D eigenvalue weighted by molar-refractivity contribution is 7.20. The second kappa shape index (κ2) is 4.68. The van der Waals surface area contributed by atoms with Crippen LogP contribution in [0.3, 0.4) is 0 Å². The van der Waals surface area contributed by atoms with Crippen LogP contribution >= 0.6 is 11.3 Å². The summed E-state index contributed by atoms with van der Waals surface area (Å²) >= 11 is 1.32. The number of aryl methyl sites for hydroxylation is 2. The van der Waals surface area contributed by atoms with Crippen LogP contribution in [0, 0.1) is 13.8 Å². The normalized spacial score (nSPS) is 15.5. The molecule has 0 saturated carbocycles. The maximum atomic E-state index is 11.8. The molecule has 1 aliphatic rings. The predicted molar refractivity (Wildman–Crippen MR) is 76.4 cm³/mol. The van der Waals surface area contributed by atoms with Gasteiger partial charge in [0.05, 0.1) is 18.6 Å². The largest absolute Gasteiger partial charge is 0.465 e. The van der Waals surface area contributed by atoms with Crippen LogP contribution in [-0.4, -0.2) is 47.3 Å². The van der Waals surface area contributed by atoms with E-state index < -0.39 is 0 Å². The third-order valence-corrected chi connectivity index (χ3v) is 4.58. The minimum Gasteiger partial charge on any atom is -0.465 e. The number of nitrogens with zero attached hydrogens (tertiary/aromatic N) is 3. The zero-order chi connectivity index (χ0) is 14.4. The highest BCUT2D eigenvalue weighted by atomic mass is 32.1. The molecular weight excluding hydrogens is 278 g/mol. The molecule has 3 heterocycles. The van der Waals surface area contributed by atoms with E-state index in [1.807, 2.05) is 18.7 Å². The molecule has 1 saturated heterocycles. The smallest absolute Gasteiger partial charge is 0.348 e. The van der Waals surface area contributed by atoms with Crippen molar-refractivity contribution in [1.29, 1.82) is 0 Å². The van der Waals surface area contributed by atoms with Crippen LogP contribution < -0.4 is 4.90 Å². The van der Waals surface area contributed by atoms with Gasteiger partial charge in [0.15, 0.2) is 0 Å². The fourth-order valence-electron chi connectivity index (χ4n) is 2.37. The number of carbonyl (C=O) groups is 1. The summed E-state index contributed by atoms with van der Waals surface area (Å²) in [6, 6.07) is 0. The summed E-state index contributed by atoms with van der Waals surface area (Å²) in [6.07, 6.45) is -0.306. The maximum absolute atomic E-state index is 11.8. The lowest BCUT2D eigenvalue weighted by Crippen LogP contribution is -2.51. The quantitative estimate of drug-likeness (QED) is 0.841. The van der Waals surface area contributed by atoms with E-state index >= 15 is 0 Å². The van der Waals surface area contributed by atoms with E-state index in [2.05, 4.69) is 9.97 Å². The van der Waals surface area contributed by atoms with Crippen molar-refractivity contribution in [1.82, 2.24) is 9.97 Å². The second-order valence-corrected chi connectivity index (χ2v) is 5.88. The third kappa shape index (κ3) is 1.94. The molecule has 3 rings (SSSR count). The number of esters is 1. The van der Waals surface area contributed by atoms with Gasteiger partial charge in [-0.3, -0.25) is 0 Å². The molecule has 0 atom stereocenters. The number of thiophene rings is 1. The lowest BCUT2D eigenvalue weighted by Gasteiger charge is -2.37. The molecule has 6 nitrogen and oxygen atoms in total. The van der Waals surface area contributed by atoms with Crippen molar-refractivity contribution in [2.75, 3.05) is 25.1 Å². The molecule has 106 valence electrons. The molecule has 2 aromatic rings. The number of hydrogen-bond donors (Lipinski definition) is 1. The average Bonchev–Trinajstić information content (AvgIpc) is 2.70. The first-order valence-corrected chi connectivity index (χ1v) is 7.12. The third-order valence-electron chi connectivity index (χ3n) is 3.42. The first-order chi connectivity index (χ1) is 9.51. The molecule has 0 unspecified atom stereocenters. The monoisotopic (exact) mass is 293 g/mol. The minimum atomic E-state index is -0.349. The van der Waals surface area contributed by atoms with Gasteiger partial charge in [-0.1, -0.05) is 0 Å². The summed E-state index contributed by atoms with van der Waals surface area (Å²) in [4.78, 5) is 24.0. The molecule has 7 heteroatoms. The number of ether oxygens (including phenoxy) is 1. The summed E-state index contributed by atoms with van der Waals surface area (Å²) in [6.45, 7) is 4.83. The Morgan fingerprint density at radius 3 is 2.70 bits per heavy atom. The lowest BCUT2D eigenvalue weighted by atomic mass is 10.1. The predicted octanol–water partition coefficient (Wildman–Crippen LogP) is 1.28. The van der Waals surface area contributed by atoms with Gasteiger partial charge in [-0.2, -0.15) is 0 Å². The van der Waals surface area contributed by atoms with E-state index in [-0.39, 0.29) is 12.1 Å². The Kier molecular flexibility index (Phi) is 3.10. The van der Waals surface area contributed by atoms with Crippen LogP contribution in [0.1, 0.15) is 21.1 Å². The zero-order valence-corrected chi connectivity index (χ0v) is 12.3. The summed E-state index contributed by atoms with van der Waals surface area (Å²) in [5, 5.41) is 10.3. The molecule has 2 aromatic heterocycles. The van der Waals surface area contributed by atoms with Crippen molar-refractivity contribution in [2.24, 2.45) is 0 Å². The van der Waals surface area contributed by atoms with E-state index in [1.165, 1.54) is 18.4 Å². The van der Waals surface area contributed by atoms with Crippen LogP contribution in [0.4, 0.5) is 5.82 Å². The van der Waals surface area contributed by atoms with Crippen LogP contribution in [0.2, 0.25) is 0 Å². The van der Waals surface area contributed by atoms with Crippen LogP contribution in [0.15, 0.2) is 0 Å². The number of hydrogen-bond acceptors (Lipinski definition) is 7. The number of aliphatic hydroxyl groups excluding tert-OH is 1. The number of anilines is 1. The second-order valence-electron chi connectivity index (χ2n) is 4.88. The van der Waals surface area contributed by atoms with Gasteiger partial charge in [-0.25, -0.2) is 14.8 Å². The lowest BCUT2D eigenvalue weighted by molar-refractivity contribution is 0.0605. The molecule has 0 bridgehead atoms. The highest BCUT2D eigenvalue weighted by Crippen LogP contribution is 2.37. The summed E-state index contributed by atoms with van der Waals surface area (Å²) in [5.41, 5.74) is 0.841. The van der Waals surface area contributed by atoms with Gasteiger partial charge in [0.25, 0.3) is 0 Å².